The molecular formula is C22H23ClN4O3S2. The van der Waals surface area contributed by atoms with E-state index in [0.29, 0.717) is 24.8 Å². The van der Waals surface area contributed by atoms with Gasteiger partial charge in [0.1, 0.15) is 5.02 Å². The van der Waals surface area contributed by atoms with E-state index in [1.165, 1.54) is 11.8 Å². The fourth-order valence-electron chi connectivity index (χ4n) is 3.87. The van der Waals surface area contributed by atoms with Crippen LogP contribution in [0.25, 0.3) is 10.2 Å². The topological polar surface area (TPSA) is 88.4 Å². The van der Waals surface area contributed by atoms with Gasteiger partial charge in [0.25, 0.3) is 5.69 Å². The Morgan fingerprint density at radius 1 is 1.34 bits per heavy atom. The van der Waals surface area contributed by atoms with Gasteiger partial charge in [-0.05, 0) is 49.1 Å². The molecule has 1 N–H and O–H groups in total. The monoisotopic (exact) mass is 490 g/mol. The third-order valence-electron chi connectivity index (χ3n) is 5.41. The molecule has 2 aromatic carbocycles. The summed E-state index contributed by atoms with van der Waals surface area (Å²) in [5, 5.41) is 14.3. The maximum absolute atomic E-state index is 12.3. The fraction of sp³-hybridized carbons (Fsp3) is 0.364. The maximum atomic E-state index is 12.3. The Kier molecular flexibility index (Phi) is 7.62. The van der Waals surface area contributed by atoms with Crippen LogP contribution >= 0.6 is 34.7 Å². The molecule has 0 radical (unpaired) electrons. The highest BCUT2D eigenvalue weighted by molar-refractivity contribution is 8.01. The van der Waals surface area contributed by atoms with Crippen LogP contribution in [-0.4, -0.2) is 46.1 Å². The van der Waals surface area contributed by atoms with Crippen molar-refractivity contribution in [2.24, 2.45) is 5.92 Å². The Bertz CT molecular complexity index is 1090. The zero-order valence-corrected chi connectivity index (χ0v) is 19.7. The molecule has 4 rings (SSSR count). The highest BCUT2D eigenvalue weighted by atomic mass is 35.5. The quantitative estimate of drug-likeness (QED) is 0.272. The zero-order chi connectivity index (χ0) is 22.5. The van der Waals surface area contributed by atoms with Crippen LogP contribution in [0.5, 0.6) is 0 Å². The summed E-state index contributed by atoms with van der Waals surface area (Å²) >= 11 is 8.98. The molecule has 2 heterocycles. The van der Waals surface area contributed by atoms with Gasteiger partial charge in [0.05, 0.1) is 20.9 Å². The van der Waals surface area contributed by atoms with Gasteiger partial charge in [0, 0.05) is 25.7 Å². The van der Waals surface area contributed by atoms with Gasteiger partial charge in [-0.2, -0.15) is 0 Å². The molecule has 168 valence electrons. The first kappa shape index (κ1) is 23.0. The first-order valence-corrected chi connectivity index (χ1v) is 12.6. The zero-order valence-electron chi connectivity index (χ0n) is 17.3. The molecule has 32 heavy (non-hydrogen) atoms. The Labute approximate surface area is 199 Å². The lowest BCUT2D eigenvalue weighted by Crippen LogP contribution is -2.40. The summed E-state index contributed by atoms with van der Waals surface area (Å²) in [6.07, 6.45) is 2.10. The lowest BCUT2D eigenvalue weighted by atomic mass is 9.97. The largest absolute Gasteiger partial charge is 0.355 e. The van der Waals surface area contributed by atoms with Crippen LogP contribution < -0.4 is 5.32 Å². The SMILES string of the molecule is O=C(CSc1nc2ccccc2s1)NCC1CCCN(Cc2ccc(Cl)c([N+](=O)[O-])c2)C1. The number of halogens is 1. The van der Waals surface area contributed by atoms with E-state index in [1.807, 2.05) is 30.3 Å². The number of nitrogens with zero attached hydrogens (tertiary/aromatic N) is 3. The molecule has 0 aliphatic carbocycles. The minimum absolute atomic E-state index is 0.0136. The first-order chi connectivity index (χ1) is 15.5. The first-order valence-electron chi connectivity index (χ1n) is 10.4. The molecule has 0 bridgehead atoms. The Balaban J connectivity index is 1.23. The molecule has 10 heteroatoms. The minimum atomic E-state index is -0.452. The second-order valence-electron chi connectivity index (χ2n) is 7.83. The number of nitrogens with one attached hydrogen (secondary N) is 1. The van der Waals surface area contributed by atoms with Crippen LogP contribution in [0.2, 0.25) is 5.02 Å². The van der Waals surface area contributed by atoms with E-state index in [0.717, 1.165) is 46.1 Å². The summed E-state index contributed by atoms with van der Waals surface area (Å²) in [7, 11) is 0. The van der Waals surface area contributed by atoms with E-state index in [9.17, 15) is 14.9 Å². The Morgan fingerprint density at radius 2 is 2.19 bits per heavy atom. The van der Waals surface area contributed by atoms with Crippen LogP contribution in [-0.2, 0) is 11.3 Å². The summed E-state index contributed by atoms with van der Waals surface area (Å²) in [6.45, 7) is 3.06. The van der Waals surface area contributed by atoms with Gasteiger partial charge in [-0.15, -0.1) is 11.3 Å². The third-order valence-corrected chi connectivity index (χ3v) is 7.90. The van der Waals surface area contributed by atoms with E-state index >= 15 is 0 Å². The van der Waals surface area contributed by atoms with Crippen LogP contribution in [0, 0.1) is 16.0 Å². The fourth-order valence-corrected chi connectivity index (χ4v) is 5.95. The molecule has 7 nitrogen and oxygen atoms in total. The average Bonchev–Trinajstić information content (AvgIpc) is 3.21. The van der Waals surface area contributed by atoms with E-state index < -0.39 is 4.92 Å². The number of rotatable bonds is 8. The molecule has 1 unspecified atom stereocenters. The maximum Gasteiger partial charge on any atom is 0.288 e. The van der Waals surface area contributed by atoms with E-state index in [4.69, 9.17) is 11.6 Å². The number of hydrogen-bond donors (Lipinski definition) is 1. The van der Waals surface area contributed by atoms with Crippen LogP contribution in [0.15, 0.2) is 46.8 Å². The van der Waals surface area contributed by atoms with Crippen molar-refractivity contribution in [3.05, 3.63) is 63.2 Å². The van der Waals surface area contributed by atoms with E-state index in [-0.39, 0.29) is 16.6 Å². The van der Waals surface area contributed by atoms with E-state index in [2.05, 4.69) is 15.2 Å². The smallest absolute Gasteiger partial charge is 0.288 e. The number of thiazole rings is 1. The van der Waals surface area contributed by atoms with Crippen LogP contribution in [0.4, 0.5) is 5.69 Å². The standard InChI is InChI=1S/C22H23ClN4O3S2/c23-17-8-7-15(10-19(17)27(29)30)12-26-9-3-4-16(13-26)11-24-21(28)14-31-22-25-18-5-1-2-6-20(18)32-22/h1-2,5-8,10,16H,3-4,9,11-14H2,(H,24,28). The predicted molar refractivity (Wildman–Crippen MR) is 129 cm³/mol. The van der Waals surface area contributed by atoms with Crippen molar-refractivity contribution in [2.45, 2.75) is 23.7 Å². The second-order valence-corrected chi connectivity index (χ2v) is 10.5. The molecular weight excluding hydrogens is 468 g/mol. The van der Waals surface area contributed by atoms with Crippen molar-refractivity contribution in [3.8, 4) is 0 Å². The molecule has 0 saturated carbocycles. The number of carbonyl (C=O) groups is 1. The number of piperidine rings is 1. The van der Waals surface area contributed by atoms with Gasteiger partial charge in [-0.3, -0.25) is 19.8 Å². The summed E-state index contributed by atoms with van der Waals surface area (Å²) in [4.78, 5) is 29.8. The Morgan fingerprint density at radius 3 is 3.00 bits per heavy atom. The molecule has 0 spiro atoms. The molecule has 3 aromatic rings. The summed E-state index contributed by atoms with van der Waals surface area (Å²) < 4.78 is 2.03. The summed E-state index contributed by atoms with van der Waals surface area (Å²) in [5.74, 6) is 0.729. The number of nitro benzene ring substituents is 1. The second kappa shape index (κ2) is 10.6. The number of amides is 1. The average molecular weight is 491 g/mol. The van der Waals surface area contributed by atoms with Gasteiger partial charge >= 0.3 is 0 Å². The van der Waals surface area contributed by atoms with Gasteiger partial charge in [0.15, 0.2) is 4.34 Å². The minimum Gasteiger partial charge on any atom is -0.355 e. The van der Waals surface area contributed by atoms with Crippen molar-refractivity contribution < 1.29 is 9.72 Å². The van der Waals surface area contributed by atoms with Gasteiger partial charge < -0.3 is 5.32 Å². The molecule has 1 aliphatic rings. The van der Waals surface area contributed by atoms with Crippen molar-refractivity contribution in [2.75, 3.05) is 25.4 Å². The van der Waals surface area contributed by atoms with Gasteiger partial charge in [-0.25, -0.2) is 4.98 Å². The number of likely N-dealkylation sites (tertiary alicyclic amines) is 1. The number of carbonyl (C=O) groups excluding carboxylic acids is 1. The molecule has 1 saturated heterocycles. The van der Waals surface area contributed by atoms with Gasteiger partial charge in [-0.1, -0.05) is 41.6 Å². The highest BCUT2D eigenvalue weighted by Crippen LogP contribution is 2.29. The number of aromatic nitrogens is 1. The number of nitro groups is 1. The lowest BCUT2D eigenvalue weighted by Gasteiger charge is -2.32. The summed E-state index contributed by atoms with van der Waals surface area (Å²) in [5.41, 5.74) is 1.78. The normalized spacial score (nSPS) is 16.8. The molecule has 1 aromatic heterocycles. The van der Waals surface area contributed by atoms with Crippen molar-refractivity contribution >= 4 is 56.5 Å². The molecule has 1 fully saturated rings. The molecule has 1 atom stereocenters. The van der Waals surface area contributed by atoms with Crippen molar-refractivity contribution in [3.63, 3.8) is 0 Å². The Hall–Kier alpha value is -2.20. The third kappa shape index (κ3) is 5.98. The predicted octanol–water partition coefficient (Wildman–Crippen LogP) is 4.98. The molecule has 1 aliphatic heterocycles. The van der Waals surface area contributed by atoms with E-state index in [1.54, 1.807) is 23.5 Å². The number of thioether (sulfide) groups is 1. The number of para-hydroxylation sites is 1. The van der Waals surface area contributed by atoms with Gasteiger partial charge in [0.2, 0.25) is 5.91 Å². The molecule has 1 amide bonds. The van der Waals surface area contributed by atoms with Crippen LogP contribution in [0.3, 0.4) is 0 Å². The van der Waals surface area contributed by atoms with Crippen LogP contribution in [0.1, 0.15) is 18.4 Å². The van der Waals surface area contributed by atoms with Crippen molar-refractivity contribution in [1.82, 2.24) is 15.2 Å². The highest BCUT2D eigenvalue weighted by Gasteiger charge is 2.22. The number of hydrogen-bond acceptors (Lipinski definition) is 7. The summed E-state index contributed by atoms with van der Waals surface area (Å²) in [6, 6.07) is 12.9. The number of benzene rings is 2. The lowest BCUT2D eigenvalue weighted by molar-refractivity contribution is -0.384. The van der Waals surface area contributed by atoms with Crippen molar-refractivity contribution in [1.29, 1.82) is 0 Å². The number of fused-ring (bicyclic) bond motifs is 1.